The van der Waals surface area contributed by atoms with Crippen LogP contribution in [0, 0.1) is 20.8 Å². The molecule has 0 bridgehead atoms. The highest BCUT2D eigenvalue weighted by Crippen LogP contribution is 2.41. The standard InChI is InChI=1S/C30H48N2O5S/c1-12-30(9,24(8)25-16-18-27(36-14-3)29(23(25)7)38(33,34)31-10)32(11)19-21(5)37-28-22(6)20(4)15-17-26(28)35-13-2/h15-18,21,24,31H,12-14,19H2,1-11H3/t21?,24?,30-/m1/s1/i2D3,12D2,13D2,14D2,15D,16D,17D,18D,19D2,21D,24D/hD. The zero-order valence-corrected chi connectivity index (χ0v) is 24.2. The molecule has 0 aliphatic heterocycles. The van der Waals surface area contributed by atoms with Crippen LogP contribution in [-0.2, 0) is 10.0 Å². The van der Waals surface area contributed by atoms with Gasteiger partial charge in [0.25, 0.3) is 0 Å². The van der Waals surface area contributed by atoms with E-state index in [1.807, 2.05) is 0 Å². The molecule has 0 amide bonds. The monoisotopic (exact) mass is 566 g/mol. The van der Waals surface area contributed by atoms with E-state index in [2.05, 4.69) is 0 Å². The van der Waals surface area contributed by atoms with Gasteiger partial charge in [-0.05, 0) is 109 Å². The summed E-state index contributed by atoms with van der Waals surface area (Å²) in [7, 11) is -3.20. The molecule has 0 heterocycles. The predicted octanol–water partition coefficient (Wildman–Crippen LogP) is 5.99. The summed E-state index contributed by atoms with van der Waals surface area (Å²) in [6, 6.07) is -3.34. The van der Waals surface area contributed by atoms with E-state index in [-0.39, 0.29) is 15.8 Å². The molecule has 0 saturated carbocycles. The fourth-order valence-corrected chi connectivity index (χ4v) is 4.76. The topological polar surface area (TPSA) is 77.1 Å². The van der Waals surface area contributed by atoms with E-state index in [9.17, 15) is 13.9 Å². The SMILES string of the molecule is [2H]c1c([2H])c(OC([2H])([2H])C([2H])([2H])[2H])c(OC([2H])(C)C([2H])([2H])N(C)[C@](C)(C([2H])([2H])C)C([2H])(C)c2c([2H])c([2H])c(OC([2H])([2H])C)c(S(=O)(=O)N([2H])C)c2C)c(C)c1C. The fourth-order valence-electron chi connectivity index (χ4n) is 3.77. The van der Waals surface area contributed by atoms with E-state index < -0.39 is 118 Å². The first-order chi connectivity index (χ1) is 24.5. The van der Waals surface area contributed by atoms with E-state index in [1.54, 1.807) is 0 Å². The summed E-state index contributed by atoms with van der Waals surface area (Å²) in [6.07, 6.45) is -5.71. The Kier molecular flexibility index (Phi) is 4.98. The molecule has 0 radical (unpaired) electrons. The number of nitrogens with zero attached hydrogens (tertiary/aromatic N) is 1. The van der Waals surface area contributed by atoms with Crippen LogP contribution in [0.4, 0.5) is 0 Å². The van der Waals surface area contributed by atoms with E-state index >= 15 is 0 Å². The van der Waals surface area contributed by atoms with Crippen LogP contribution in [0.1, 0.15) is 99.3 Å². The number of likely N-dealkylation sites (N-methyl/N-ethyl adjacent to an activating group) is 1. The maximum absolute atomic E-state index is 13.6. The molecule has 0 fully saturated rings. The van der Waals surface area contributed by atoms with Crippen molar-refractivity contribution in [1.29, 1.82) is 0 Å². The Morgan fingerprint density at radius 3 is 2.34 bits per heavy atom. The second-order valence-corrected chi connectivity index (χ2v) is 10.2. The molecule has 7 nitrogen and oxygen atoms in total. The first kappa shape index (κ1) is 14.4. The molecule has 2 aromatic rings. The Labute approximate surface area is 256 Å². The average molecular weight is 567 g/mol. The maximum atomic E-state index is 13.6. The summed E-state index contributed by atoms with van der Waals surface area (Å²) >= 11 is 0. The first-order valence-electron chi connectivity index (χ1n) is 20.5. The Morgan fingerprint density at radius 1 is 1.13 bits per heavy atom. The summed E-state index contributed by atoms with van der Waals surface area (Å²) in [5.74, 6) is -5.29. The minimum atomic E-state index is -4.97. The van der Waals surface area contributed by atoms with Gasteiger partial charge in [-0.3, -0.25) is 4.90 Å². The molecular formula is C30H48N2O5S. The zero-order valence-electron chi connectivity index (χ0n) is 41.3. The van der Waals surface area contributed by atoms with Gasteiger partial charge in [0.05, 0.1) is 25.5 Å². The number of sulfonamides is 1. The zero-order chi connectivity index (χ0) is 44.7. The summed E-state index contributed by atoms with van der Waals surface area (Å²) in [4.78, 5) is -0.388. The van der Waals surface area contributed by atoms with E-state index in [0.717, 1.165) is 55.6 Å². The van der Waals surface area contributed by atoms with Gasteiger partial charge in [0.1, 0.15) is 18.1 Å². The van der Waals surface area contributed by atoms with Crippen LogP contribution in [0.5, 0.6) is 17.2 Å². The number of nitrogens with one attached hydrogen (secondary N) is 1. The number of ether oxygens (including phenoxy) is 3. The van der Waals surface area contributed by atoms with Crippen LogP contribution in [0.15, 0.2) is 29.1 Å². The van der Waals surface area contributed by atoms with Crippen molar-refractivity contribution in [3.8, 4) is 17.2 Å². The molecule has 2 aromatic carbocycles. The largest absolute Gasteiger partial charge is 0.492 e. The molecular weight excluding hydrogens is 500 g/mol. The van der Waals surface area contributed by atoms with Crippen molar-refractivity contribution in [2.45, 2.75) is 91.0 Å². The van der Waals surface area contributed by atoms with Crippen molar-refractivity contribution in [3.63, 3.8) is 0 Å². The summed E-state index contributed by atoms with van der Waals surface area (Å²) in [5.41, 5.74) is -3.81. The van der Waals surface area contributed by atoms with Gasteiger partial charge in [-0.15, -0.1) is 0 Å². The maximum Gasteiger partial charge on any atom is 0.244 e. The quantitative estimate of drug-likeness (QED) is 0.303. The molecule has 214 valence electrons. The number of hydrogen-bond acceptors (Lipinski definition) is 6. The third-order valence-corrected chi connectivity index (χ3v) is 7.88. The molecule has 8 heteroatoms. The van der Waals surface area contributed by atoms with E-state index in [1.165, 1.54) is 13.8 Å². The molecule has 3 atom stereocenters. The lowest BCUT2D eigenvalue weighted by Gasteiger charge is -2.45. The van der Waals surface area contributed by atoms with Gasteiger partial charge in [0, 0.05) is 23.0 Å². The lowest BCUT2D eigenvalue weighted by atomic mass is 9.77. The molecule has 2 unspecified atom stereocenters. The van der Waals surface area contributed by atoms with Gasteiger partial charge in [0.2, 0.25) is 10.0 Å². The van der Waals surface area contributed by atoms with Crippen molar-refractivity contribution in [2.24, 2.45) is 0 Å². The second kappa shape index (κ2) is 13.2. The molecule has 1 N–H and O–H groups in total. The van der Waals surface area contributed by atoms with Crippen molar-refractivity contribution >= 4 is 10.0 Å². The van der Waals surface area contributed by atoms with Crippen LogP contribution in [0.25, 0.3) is 0 Å². The summed E-state index contributed by atoms with van der Waals surface area (Å²) in [6.45, 7) is -4.32. The van der Waals surface area contributed by atoms with Gasteiger partial charge in [-0.2, -0.15) is 0 Å². The highest BCUT2D eigenvalue weighted by Gasteiger charge is 2.37. The molecule has 0 aliphatic rings. The Hall–Kier alpha value is -2.29. The fraction of sp³-hybridized carbons (Fsp3) is 0.600. The van der Waals surface area contributed by atoms with Gasteiger partial charge >= 0.3 is 0 Å². The number of benzene rings is 2. The van der Waals surface area contributed by atoms with Gasteiger partial charge in [0.15, 0.2) is 11.5 Å². The number of hydrogen-bond donors (Lipinski definition) is 1. The highest BCUT2D eigenvalue weighted by molar-refractivity contribution is 7.89. The Balaban J connectivity index is 3.06. The summed E-state index contributed by atoms with van der Waals surface area (Å²) in [5, 5.41) is 0. The van der Waals surface area contributed by atoms with Crippen molar-refractivity contribution < 1.29 is 47.3 Å². The Bertz CT molecular complexity index is 1960. The van der Waals surface area contributed by atoms with E-state index in [4.69, 9.17) is 33.4 Å². The van der Waals surface area contributed by atoms with Crippen molar-refractivity contribution in [2.75, 3.05) is 33.7 Å². The molecule has 0 aromatic heterocycles. The molecule has 0 aliphatic carbocycles. The molecule has 38 heavy (non-hydrogen) atoms. The normalized spacial score (nSPS) is 25.7. The first-order valence-corrected chi connectivity index (χ1v) is 13.0. The van der Waals surface area contributed by atoms with Crippen molar-refractivity contribution in [3.05, 3.63) is 46.4 Å². The van der Waals surface area contributed by atoms with Gasteiger partial charge in [-0.25, -0.2) is 13.1 Å². The molecule has 0 spiro atoms. The van der Waals surface area contributed by atoms with Crippen LogP contribution >= 0.6 is 0 Å². The second-order valence-electron chi connectivity index (χ2n) is 8.51. The third-order valence-electron chi connectivity index (χ3n) is 6.39. The predicted molar refractivity (Wildman–Crippen MR) is 156 cm³/mol. The van der Waals surface area contributed by atoms with Crippen LogP contribution in [-0.4, -0.2) is 58.6 Å². The van der Waals surface area contributed by atoms with Crippen LogP contribution < -0.4 is 18.9 Å². The molecule has 0 saturated heterocycles. The minimum absolute atomic E-state index is 0.0196. The van der Waals surface area contributed by atoms with Gasteiger partial charge < -0.3 is 14.2 Å². The third kappa shape index (κ3) is 6.64. The smallest absolute Gasteiger partial charge is 0.244 e. The lowest BCUT2D eigenvalue weighted by Crippen LogP contribution is -2.50. The van der Waals surface area contributed by atoms with E-state index in [0.29, 0.717) is 4.90 Å². The minimum Gasteiger partial charge on any atom is -0.492 e. The number of rotatable bonds is 14. The Morgan fingerprint density at radius 2 is 1.76 bits per heavy atom. The summed E-state index contributed by atoms with van der Waals surface area (Å²) < 4.78 is 195. The molecule has 2 rings (SSSR count). The van der Waals surface area contributed by atoms with Crippen LogP contribution in [0.3, 0.4) is 0 Å². The lowest BCUT2D eigenvalue weighted by molar-refractivity contribution is 0.0610. The average Bonchev–Trinajstić information content (AvgIpc) is 2.99. The van der Waals surface area contributed by atoms with Crippen LogP contribution in [0.2, 0.25) is 1.41 Å². The highest BCUT2D eigenvalue weighted by atomic mass is 32.2. The van der Waals surface area contributed by atoms with Gasteiger partial charge in [-0.1, -0.05) is 25.9 Å². The van der Waals surface area contributed by atoms with Crippen molar-refractivity contribution in [1.82, 2.24) is 9.62 Å².